The van der Waals surface area contributed by atoms with E-state index in [0.29, 0.717) is 21.5 Å². The second kappa shape index (κ2) is 6.72. The third-order valence-corrected chi connectivity index (χ3v) is 4.86. The summed E-state index contributed by atoms with van der Waals surface area (Å²) in [5.74, 6) is 0.721. The molecular weight excluding hydrogens is 424 g/mol. The van der Waals surface area contributed by atoms with Crippen LogP contribution in [0.25, 0.3) is 10.8 Å². The maximum absolute atomic E-state index is 12.3. The molecule has 0 fully saturated rings. The third kappa shape index (κ3) is 3.26. The second-order valence-corrected chi connectivity index (χ2v) is 6.48. The van der Waals surface area contributed by atoms with E-state index in [-0.39, 0.29) is 0 Å². The van der Waals surface area contributed by atoms with Gasteiger partial charge in [-0.25, -0.2) is 4.79 Å². The highest BCUT2D eigenvalue weighted by Gasteiger charge is 2.14. The highest BCUT2D eigenvalue weighted by molar-refractivity contribution is 9.11. The predicted molar refractivity (Wildman–Crippen MR) is 97.3 cm³/mol. The van der Waals surface area contributed by atoms with Crippen LogP contribution in [0.2, 0.25) is 0 Å². The lowest BCUT2D eigenvalue weighted by Gasteiger charge is -2.10. The first-order valence-electron chi connectivity index (χ1n) is 6.83. The molecule has 0 aliphatic rings. The van der Waals surface area contributed by atoms with Crippen LogP contribution in [0.5, 0.6) is 11.5 Å². The molecule has 3 rings (SSSR count). The molecule has 0 spiro atoms. The van der Waals surface area contributed by atoms with Crippen LogP contribution in [-0.4, -0.2) is 13.1 Å². The van der Waals surface area contributed by atoms with Crippen molar-refractivity contribution in [2.24, 2.45) is 0 Å². The van der Waals surface area contributed by atoms with Gasteiger partial charge in [-0.05, 0) is 66.9 Å². The van der Waals surface area contributed by atoms with Gasteiger partial charge in [0.15, 0.2) is 0 Å². The molecule has 3 aromatic rings. The molecule has 0 saturated heterocycles. The van der Waals surface area contributed by atoms with Crippen LogP contribution < -0.4 is 9.47 Å². The number of hydrogen-bond acceptors (Lipinski definition) is 3. The van der Waals surface area contributed by atoms with E-state index in [0.717, 1.165) is 15.2 Å². The Labute approximate surface area is 150 Å². The number of halogens is 2. The number of carbonyl (C=O) groups is 1. The van der Waals surface area contributed by atoms with Gasteiger partial charge in [-0.3, -0.25) is 0 Å². The molecule has 3 aromatic carbocycles. The summed E-state index contributed by atoms with van der Waals surface area (Å²) in [6.07, 6.45) is 0. The fourth-order valence-electron chi connectivity index (χ4n) is 2.24. The molecular formula is C18H12Br2O3. The van der Waals surface area contributed by atoms with Crippen molar-refractivity contribution >= 4 is 48.6 Å². The van der Waals surface area contributed by atoms with Crippen molar-refractivity contribution in [1.29, 1.82) is 0 Å². The van der Waals surface area contributed by atoms with Crippen molar-refractivity contribution < 1.29 is 14.3 Å². The summed E-state index contributed by atoms with van der Waals surface area (Å²) in [6, 6.07) is 16.7. The molecule has 23 heavy (non-hydrogen) atoms. The Kier molecular flexibility index (Phi) is 4.68. The van der Waals surface area contributed by atoms with Crippen LogP contribution >= 0.6 is 31.9 Å². The van der Waals surface area contributed by atoms with Crippen molar-refractivity contribution in [2.75, 3.05) is 7.11 Å². The van der Waals surface area contributed by atoms with E-state index in [4.69, 9.17) is 9.47 Å². The van der Waals surface area contributed by atoms with Gasteiger partial charge < -0.3 is 9.47 Å². The summed E-state index contributed by atoms with van der Waals surface area (Å²) >= 11 is 6.88. The zero-order valence-corrected chi connectivity index (χ0v) is 15.3. The van der Waals surface area contributed by atoms with Gasteiger partial charge in [-0.2, -0.15) is 0 Å². The van der Waals surface area contributed by atoms with Crippen LogP contribution in [0.3, 0.4) is 0 Å². The lowest BCUT2D eigenvalue weighted by atomic mass is 10.1. The second-order valence-electron chi connectivity index (χ2n) is 4.84. The van der Waals surface area contributed by atoms with E-state index in [1.54, 1.807) is 31.4 Å². The Balaban J connectivity index is 1.91. The first-order valence-corrected chi connectivity index (χ1v) is 8.41. The van der Waals surface area contributed by atoms with Gasteiger partial charge in [0, 0.05) is 0 Å². The Morgan fingerprint density at radius 3 is 2.43 bits per heavy atom. The molecule has 0 N–H and O–H groups in total. The van der Waals surface area contributed by atoms with Crippen LogP contribution in [0.1, 0.15) is 10.4 Å². The Hall–Kier alpha value is -1.85. The smallest absolute Gasteiger partial charge is 0.343 e. The molecule has 0 saturated carbocycles. The largest absolute Gasteiger partial charge is 0.496 e. The van der Waals surface area contributed by atoms with Crippen molar-refractivity contribution in [2.45, 2.75) is 0 Å². The Morgan fingerprint density at radius 2 is 1.70 bits per heavy atom. The van der Waals surface area contributed by atoms with Crippen molar-refractivity contribution in [3.63, 3.8) is 0 Å². The first kappa shape index (κ1) is 16.0. The van der Waals surface area contributed by atoms with E-state index in [1.807, 2.05) is 30.3 Å². The normalized spacial score (nSPS) is 10.6. The molecule has 0 aliphatic carbocycles. The molecule has 0 unspecified atom stereocenters. The molecule has 0 aromatic heterocycles. The van der Waals surface area contributed by atoms with Gasteiger partial charge in [0.1, 0.15) is 11.5 Å². The molecule has 0 amide bonds. The Bertz CT molecular complexity index is 891. The SMILES string of the molecule is COc1ccc(C(=O)Oc2ccc3ccccc3c2Br)cc1Br. The van der Waals surface area contributed by atoms with E-state index < -0.39 is 5.97 Å². The summed E-state index contributed by atoms with van der Waals surface area (Å²) in [4.78, 5) is 12.3. The van der Waals surface area contributed by atoms with Gasteiger partial charge in [0.2, 0.25) is 0 Å². The molecule has 116 valence electrons. The average Bonchev–Trinajstić information content (AvgIpc) is 2.57. The minimum atomic E-state index is -0.427. The van der Waals surface area contributed by atoms with Gasteiger partial charge in [0.05, 0.1) is 21.6 Å². The molecule has 5 heteroatoms. The van der Waals surface area contributed by atoms with E-state index in [2.05, 4.69) is 31.9 Å². The van der Waals surface area contributed by atoms with E-state index in [9.17, 15) is 4.79 Å². The van der Waals surface area contributed by atoms with Crippen LogP contribution in [0.4, 0.5) is 0 Å². The standard InChI is InChI=1S/C18H12Br2O3/c1-22-15-8-7-12(10-14(15)19)18(21)23-16-9-6-11-4-2-3-5-13(11)17(16)20/h2-10H,1H3. The summed E-state index contributed by atoms with van der Waals surface area (Å²) in [7, 11) is 1.57. The maximum atomic E-state index is 12.3. The third-order valence-electron chi connectivity index (χ3n) is 3.42. The Morgan fingerprint density at radius 1 is 0.957 bits per heavy atom. The highest BCUT2D eigenvalue weighted by atomic mass is 79.9. The number of ether oxygens (including phenoxy) is 2. The monoisotopic (exact) mass is 434 g/mol. The van der Waals surface area contributed by atoms with Gasteiger partial charge in [0.25, 0.3) is 0 Å². The summed E-state index contributed by atoms with van der Waals surface area (Å²) in [6.45, 7) is 0. The number of methoxy groups -OCH3 is 1. The lowest BCUT2D eigenvalue weighted by Crippen LogP contribution is -2.09. The van der Waals surface area contributed by atoms with Gasteiger partial charge >= 0.3 is 5.97 Å². The maximum Gasteiger partial charge on any atom is 0.343 e. The van der Waals surface area contributed by atoms with Crippen molar-refractivity contribution in [3.8, 4) is 11.5 Å². The van der Waals surface area contributed by atoms with E-state index in [1.165, 1.54) is 0 Å². The lowest BCUT2D eigenvalue weighted by molar-refractivity contribution is 0.0733. The molecule has 3 nitrogen and oxygen atoms in total. The summed E-state index contributed by atoms with van der Waals surface area (Å²) in [5.41, 5.74) is 0.442. The molecule has 0 aliphatic heterocycles. The molecule has 0 heterocycles. The summed E-state index contributed by atoms with van der Waals surface area (Å²) < 4.78 is 12.1. The van der Waals surface area contributed by atoms with E-state index >= 15 is 0 Å². The predicted octanol–water partition coefficient (Wildman–Crippen LogP) is 5.59. The minimum Gasteiger partial charge on any atom is -0.496 e. The highest BCUT2D eigenvalue weighted by Crippen LogP contribution is 2.34. The number of esters is 1. The molecule has 0 atom stereocenters. The molecule has 0 bridgehead atoms. The zero-order valence-electron chi connectivity index (χ0n) is 12.2. The number of rotatable bonds is 3. The van der Waals surface area contributed by atoms with Crippen LogP contribution in [0, 0.1) is 0 Å². The minimum absolute atomic E-state index is 0.427. The molecule has 0 radical (unpaired) electrons. The quantitative estimate of drug-likeness (QED) is 0.397. The topological polar surface area (TPSA) is 35.5 Å². The first-order chi connectivity index (χ1) is 11.1. The van der Waals surface area contributed by atoms with Crippen LogP contribution in [-0.2, 0) is 0 Å². The summed E-state index contributed by atoms with van der Waals surface area (Å²) in [5, 5.41) is 2.07. The number of hydrogen-bond donors (Lipinski definition) is 0. The van der Waals surface area contributed by atoms with Gasteiger partial charge in [-0.1, -0.05) is 30.3 Å². The van der Waals surface area contributed by atoms with Gasteiger partial charge in [-0.15, -0.1) is 0 Å². The van der Waals surface area contributed by atoms with Crippen LogP contribution in [0.15, 0.2) is 63.5 Å². The zero-order chi connectivity index (χ0) is 16.4. The number of carbonyl (C=O) groups excluding carboxylic acids is 1. The van der Waals surface area contributed by atoms with Crippen molar-refractivity contribution in [3.05, 3.63) is 69.1 Å². The number of fused-ring (bicyclic) bond motifs is 1. The fraction of sp³-hybridized carbons (Fsp3) is 0.0556. The van der Waals surface area contributed by atoms with Crippen molar-refractivity contribution in [1.82, 2.24) is 0 Å². The fourth-order valence-corrected chi connectivity index (χ4v) is 3.36. The average molecular weight is 436 g/mol. The number of benzene rings is 3.